The largest absolute Gasteiger partial charge is 0.469 e. The smallest absolute Gasteiger partial charge is 0.308 e. The van der Waals surface area contributed by atoms with Crippen LogP contribution in [0.1, 0.15) is 69.8 Å². The molecule has 16 nitrogen and oxygen atoms in total. The van der Waals surface area contributed by atoms with E-state index in [0.717, 1.165) is 70.5 Å². The van der Waals surface area contributed by atoms with E-state index in [1.54, 1.807) is 47.2 Å². The van der Waals surface area contributed by atoms with Crippen molar-refractivity contribution in [3.63, 3.8) is 0 Å². The number of likely N-dealkylation sites (N-methyl/N-ethyl adjacent to an activating group) is 1. The molecule has 1 atom stereocenters. The lowest BCUT2D eigenvalue weighted by molar-refractivity contribution is -0.432. The Kier molecular flexibility index (Phi) is 15.3. The molecular weight excluding hydrogens is 777 g/mol. The van der Waals surface area contributed by atoms with Gasteiger partial charge in [-0.2, -0.15) is 0 Å². The molecule has 0 bridgehead atoms. The maximum atomic E-state index is 14.1. The summed E-state index contributed by atoms with van der Waals surface area (Å²) >= 11 is 0.897. The molecule has 0 fully saturated rings. The number of aromatic amines is 1. The SMILES string of the molecule is COC(=O)CC1Nc2ccc(C(=O)N(CCCCCCNC(=O)c3ccc(NNCc4ccccc4SOOO)cc3)Cc3nc4ccccc4[nH]3)cc2CN(C)C1=O. The molecule has 6 rings (SSSR count). The predicted molar refractivity (Wildman–Crippen MR) is 223 cm³/mol. The van der Waals surface area contributed by atoms with Crippen LogP contribution in [-0.4, -0.2) is 82.0 Å². The molecule has 0 saturated carbocycles. The molecule has 5 aromatic rings. The van der Waals surface area contributed by atoms with Gasteiger partial charge >= 0.3 is 5.97 Å². The van der Waals surface area contributed by atoms with Crippen LogP contribution in [0.4, 0.5) is 11.4 Å². The molecule has 17 heteroatoms. The first-order valence-electron chi connectivity index (χ1n) is 19.3. The van der Waals surface area contributed by atoms with Crippen LogP contribution in [0.25, 0.3) is 11.0 Å². The van der Waals surface area contributed by atoms with E-state index in [1.807, 2.05) is 60.7 Å². The lowest BCUT2D eigenvalue weighted by atomic mass is 10.1. The van der Waals surface area contributed by atoms with Crippen molar-refractivity contribution in [2.75, 3.05) is 38.0 Å². The molecule has 1 aromatic heterocycles. The Morgan fingerprint density at radius 2 is 1.73 bits per heavy atom. The van der Waals surface area contributed by atoms with Crippen LogP contribution < -0.4 is 21.5 Å². The van der Waals surface area contributed by atoms with Crippen LogP contribution in [0.2, 0.25) is 0 Å². The number of H-pyrrole nitrogens is 1. The van der Waals surface area contributed by atoms with Crippen LogP contribution in [0.5, 0.6) is 0 Å². The Morgan fingerprint density at radius 3 is 2.53 bits per heavy atom. The summed E-state index contributed by atoms with van der Waals surface area (Å²) in [7, 11) is 2.96. The Bertz CT molecular complexity index is 2190. The van der Waals surface area contributed by atoms with Crippen molar-refractivity contribution in [1.29, 1.82) is 0 Å². The van der Waals surface area contributed by atoms with Crippen molar-refractivity contribution in [3.8, 4) is 0 Å². The summed E-state index contributed by atoms with van der Waals surface area (Å²) in [5.74, 6) is -0.369. The number of nitrogens with zero attached hydrogens (tertiary/aromatic N) is 3. The van der Waals surface area contributed by atoms with E-state index in [0.29, 0.717) is 42.3 Å². The second kappa shape index (κ2) is 21.1. The summed E-state index contributed by atoms with van der Waals surface area (Å²) in [4.78, 5) is 64.1. The number of para-hydroxylation sites is 2. The van der Waals surface area contributed by atoms with Crippen molar-refractivity contribution < 1.29 is 38.5 Å². The van der Waals surface area contributed by atoms with Crippen LogP contribution in [-0.2, 0) is 43.3 Å². The zero-order valence-electron chi connectivity index (χ0n) is 32.9. The molecule has 0 radical (unpaired) electrons. The molecule has 3 amide bonds. The number of carbonyl (C=O) groups is 4. The molecule has 59 heavy (non-hydrogen) atoms. The van der Waals surface area contributed by atoms with Gasteiger partial charge in [0.1, 0.15) is 11.9 Å². The minimum Gasteiger partial charge on any atom is -0.469 e. The number of unbranched alkanes of at least 4 members (excludes halogenated alkanes) is 3. The van der Waals surface area contributed by atoms with E-state index < -0.39 is 12.0 Å². The van der Waals surface area contributed by atoms with Crippen LogP contribution >= 0.6 is 12.0 Å². The van der Waals surface area contributed by atoms with Gasteiger partial charge < -0.3 is 35.6 Å². The fraction of sp³-hybridized carbons (Fsp3) is 0.310. The highest BCUT2D eigenvalue weighted by molar-refractivity contribution is 7.94. The Balaban J connectivity index is 0.985. The number of fused-ring (bicyclic) bond motifs is 2. The van der Waals surface area contributed by atoms with E-state index in [4.69, 9.17) is 15.0 Å². The van der Waals surface area contributed by atoms with Gasteiger partial charge in [0, 0.05) is 60.6 Å². The molecular formula is C42H48N8O8S. The molecule has 2 heterocycles. The topological polar surface area (TPSA) is 199 Å². The van der Waals surface area contributed by atoms with Gasteiger partial charge in [0.15, 0.2) is 0 Å². The number of hydrogen-bond donors (Lipinski definition) is 6. The van der Waals surface area contributed by atoms with Gasteiger partial charge in [-0.3, -0.25) is 19.2 Å². The summed E-state index contributed by atoms with van der Waals surface area (Å²) in [5.41, 5.74) is 12.1. The lowest BCUT2D eigenvalue weighted by Crippen LogP contribution is -2.39. The molecule has 0 aliphatic carbocycles. The number of hydrazine groups is 1. The minimum absolute atomic E-state index is 0.110. The zero-order valence-corrected chi connectivity index (χ0v) is 33.7. The second-order valence-corrected chi connectivity index (χ2v) is 14.8. The quantitative estimate of drug-likeness (QED) is 0.0174. The van der Waals surface area contributed by atoms with Gasteiger partial charge in [0.2, 0.25) is 5.91 Å². The molecule has 4 aromatic carbocycles. The zero-order chi connectivity index (χ0) is 41.6. The third-order valence-electron chi connectivity index (χ3n) is 9.85. The first-order chi connectivity index (χ1) is 28.7. The van der Waals surface area contributed by atoms with Crippen molar-refractivity contribution >= 4 is 58.1 Å². The van der Waals surface area contributed by atoms with Crippen LogP contribution in [0.15, 0.2) is 95.9 Å². The Hall–Kier alpha value is -5.98. The number of anilines is 2. The average Bonchev–Trinajstić information content (AvgIpc) is 3.63. The molecule has 0 saturated heterocycles. The summed E-state index contributed by atoms with van der Waals surface area (Å²) < 4.78 is 9.34. The number of nitrogens with one attached hydrogen (secondary N) is 5. The van der Waals surface area contributed by atoms with E-state index in [-0.39, 0.29) is 37.2 Å². The van der Waals surface area contributed by atoms with Crippen molar-refractivity contribution in [1.82, 2.24) is 30.5 Å². The lowest BCUT2D eigenvalue weighted by Gasteiger charge is -2.23. The van der Waals surface area contributed by atoms with Gasteiger partial charge in [0.25, 0.3) is 11.8 Å². The first kappa shape index (κ1) is 42.6. The Labute approximate surface area is 346 Å². The number of ether oxygens (including phenoxy) is 1. The minimum atomic E-state index is -0.775. The number of hydrogen-bond acceptors (Lipinski definition) is 13. The molecule has 6 N–H and O–H groups in total. The second-order valence-electron chi connectivity index (χ2n) is 14.0. The highest BCUT2D eigenvalue weighted by Gasteiger charge is 2.30. The number of carbonyl (C=O) groups excluding carboxylic acids is 4. The van der Waals surface area contributed by atoms with Crippen molar-refractivity contribution in [2.24, 2.45) is 0 Å². The first-order valence-corrected chi connectivity index (χ1v) is 20.0. The van der Waals surface area contributed by atoms with Gasteiger partial charge in [-0.25, -0.2) is 15.7 Å². The number of benzene rings is 4. The third kappa shape index (κ3) is 11.8. The number of amides is 3. The standard InChI is InChI=1S/C42H48N8O8S/c1-49-26-31-23-29(17-20-33(31)45-36(42(49)54)24-39(51)56-2)41(53)50(27-38-46-34-12-6-7-13-35(34)47-38)22-10-4-3-9-21-43-40(52)28-15-18-32(19-16-28)48-44-25-30-11-5-8-14-37(30)59-58-57-55/h5-8,11-20,23,36,44-45,48,55H,3-4,9-10,21-22,24-27H2,1-2H3,(H,43,52)(H,46,47). The van der Waals surface area contributed by atoms with E-state index in [2.05, 4.69) is 35.8 Å². The Morgan fingerprint density at radius 1 is 0.966 bits per heavy atom. The average molecular weight is 825 g/mol. The number of rotatable bonds is 20. The highest BCUT2D eigenvalue weighted by Crippen LogP contribution is 2.27. The number of methoxy groups -OCH3 is 1. The maximum absolute atomic E-state index is 14.1. The van der Waals surface area contributed by atoms with Crippen molar-refractivity contribution in [3.05, 3.63) is 119 Å². The fourth-order valence-electron chi connectivity index (χ4n) is 6.75. The maximum Gasteiger partial charge on any atom is 0.308 e. The molecule has 310 valence electrons. The number of imidazole rings is 1. The normalized spacial score (nSPS) is 13.6. The number of aromatic nitrogens is 2. The fourth-order valence-corrected chi connectivity index (χ4v) is 7.23. The molecule has 1 unspecified atom stereocenters. The number of esters is 1. The van der Waals surface area contributed by atoms with E-state index >= 15 is 0 Å². The molecule has 1 aliphatic heterocycles. The monoisotopic (exact) mass is 824 g/mol. The van der Waals surface area contributed by atoms with Gasteiger partial charge in [-0.1, -0.05) is 48.2 Å². The molecule has 0 spiro atoms. The van der Waals surface area contributed by atoms with Crippen molar-refractivity contribution in [2.45, 2.75) is 62.7 Å². The summed E-state index contributed by atoms with van der Waals surface area (Å²) in [6.45, 7) is 2.03. The molecule has 1 aliphatic rings. The van der Waals surface area contributed by atoms with E-state index in [1.165, 1.54) is 7.11 Å². The van der Waals surface area contributed by atoms with Crippen LogP contribution in [0.3, 0.4) is 0 Å². The summed E-state index contributed by atoms with van der Waals surface area (Å²) in [5, 5.41) is 18.3. The highest BCUT2D eigenvalue weighted by atomic mass is 32.2. The van der Waals surface area contributed by atoms with Gasteiger partial charge in [-0.05, 0) is 84.6 Å². The van der Waals surface area contributed by atoms with Crippen LogP contribution in [0, 0.1) is 0 Å². The van der Waals surface area contributed by atoms with Gasteiger partial charge in [-0.15, -0.1) is 4.33 Å². The van der Waals surface area contributed by atoms with E-state index in [9.17, 15) is 19.2 Å². The third-order valence-corrected chi connectivity index (χ3v) is 10.6. The predicted octanol–water partition coefficient (Wildman–Crippen LogP) is 6.06. The summed E-state index contributed by atoms with van der Waals surface area (Å²) in [6.07, 6.45) is 3.13. The summed E-state index contributed by atoms with van der Waals surface area (Å²) in [6, 6.07) is 26.9. The van der Waals surface area contributed by atoms with Gasteiger partial charge in [0.05, 0.1) is 43.2 Å².